The van der Waals surface area contributed by atoms with E-state index >= 15 is 0 Å². The van der Waals surface area contributed by atoms with Gasteiger partial charge >= 0.3 is 0 Å². The highest BCUT2D eigenvalue weighted by Gasteiger charge is 2.10. The number of aromatic nitrogens is 1. The molecule has 0 N–H and O–H groups in total. The molecule has 3 aromatic rings. The highest BCUT2D eigenvalue weighted by molar-refractivity contribution is 7.19. The smallest absolute Gasteiger partial charge is 0.188 e. The maximum absolute atomic E-state index is 12.2. The minimum atomic E-state index is -0.454. The van der Waals surface area contributed by atoms with Gasteiger partial charge in [0.1, 0.15) is 11.7 Å². The molecule has 3 rings (SSSR count). The van der Waals surface area contributed by atoms with Gasteiger partial charge in [-0.2, -0.15) is 0 Å². The molecule has 0 bridgehead atoms. The topological polar surface area (TPSA) is 53.1 Å². The third-order valence-corrected chi connectivity index (χ3v) is 5.85. The fourth-order valence-electron chi connectivity index (χ4n) is 3.24. The predicted octanol–water partition coefficient (Wildman–Crippen LogP) is 5.19. The van der Waals surface area contributed by atoms with Gasteiger partial charge in [0.15, 0.2) is 18.3 Å². The van der Waals surface area contributed by atoms with Crippen molar-refractivity contribution >= 4 is 39.4 Å². The molecule has 32 heavy (non-hydrogen) atoms. The van der Waals surface area contributed by atoms with E-state index in [2.05, 4.69) is 24.0 Å². The first-order valence-electron chi connectivity index (χ1n) is 10.3. The van der Waals surface area contributed by atoms with Crippen molar-refractivity contribution < 1.29 is 23.3 Å². The van der Waals surface area contributed by atoms with Crippen LogP contribution in [0.5, 0.6) is 11.5 Å². The number of aryl methyl sites for hydroxylation is 1. The molecule has 0 aliphatic carbocycles. The predicted molar refractivity (Wildman–Crippen MR) is 129 cm³/mol. The SMILES string of the molecule is COCOc1ccc(/C=C/c2nc3cc(C)c(N(C)CCOCCF)cc3s2)cc1OC. The van der Waals surface area contributed by atoms with E-state index < -0.39 is 6.67 Å². The van der Waals surface area contributed by atoms with Crippen LogP contribution in [0.4, 0.5) is 10.1 Å². The fraction of sp³-hybridized carbons (Fsp3) is 0.375. The number of rotatable bonds is 12. The van der Waals surface area contributed by atoms with Gasteiger partial charge in [-0.05, 0) is 48.4 Å². The highest BCUT2D eigenvalue weighted by Crippen LogP contribution is 2.32. The molecule has 0 radical (unpaired) electrons. The summed E-state index contributed by atoms with van der Waals surface area (Å²) in [4.78, 5) is 6.88. The number of thiazole rings is 1. The normalized spacial score (nSPS) is 11.4. The quantitative estimate of drug-likeness (QED) is 0.274. The van der Waals surface area contributed by atoms with Crippen molar-refractivity contribution in [2.45, 2.75) is 6.92 Å². The van der Waals surface area contributed by atoms with E-state index in [1.807, 2.05) is 37.4 Å². The van der Waals surface area contributed by atoms with E-state index in [4.69, 9.17) is 23.9 Å². The first kappa shape index (κ1) is 24.0. The second-order valence-corrected chi connectivity index (χ2v) is 8.24. The molecule has 0 unspecified atom stereocenters. The zero-order chi connectivity index (χ0) is 22.9. The molecule has 1 heterocycles. The molecular weight excluding hydrogens is 431 g/mol. The third-order valence-electron chi connectivity index (χ3n) is 4.86. The molecule has 0 spiro atoms. The summed E-state index contributed by atoms with van der Waals surface area (Å²) in [5, 5.41) is 0.921. The van der Waals surface area contributed by atoms with E-state index in [1.165, 1.54) is 0 Å². The van der Waals surface area contributed by atoms with E-state index in [9.17, 15) is 4.39 Å². The van der Waals surface area contributed by atoms with E-state index in [-0.39, 0.29) is 13.4 Å². The largest absolute Gasteiger partial charge is 0.493 e. The monoisotopic (exact) mass is 460 g/mol. The lowest BCUT2D eigenvalue weighted by Crippen LogP contribution is -2.23. The number of likely N-dealkylation sites (N-methyl/N-ethyl adjacent to an activating group) is 1. The number of hydrogen-bond acceptors (Lipinski definition) is 7. The Hall–Kier alpha value is -2.68. The summed E-state index contributed by atoms with van der Waals surface area (Å²) >= 11 is 1.64. The van der Waals surface area contributed by atoms with Crippen molar-refractivity contribution in [3.8, 4) is 11.5 Å². The lowest BCUT2D eigenvalue weighted by molar-refractivity contribution is 0.0491. The molecule has 0 aliphatic rings. The summed E-state index contributed by atoms with van der Waals surface area (Å²) in [6.45, 7) is 3.12. The van der Waals surface area contributed by atoms with Crippen LogP contribution in [0, 0.1) is 6.92 Å². The lowest BCUT2D eigenvalue weighted by atomic mass is 10.1. The maximum atomic E-state index is 12.2. The fourth-order valence-corrected chi connectivity index (χ4v) is 4.13. The van der Waals surface area contributed by atoms with E-state index in [0.717, 1.165) is 32.0 Å². The molecule has 1 aromatic heterocycles. The number of hydrogen-bond donors (Lipinski definition) is 0. The van der Waals surface area contributed by atoms with Crippen molar-refractivity contribution in [1.82, 2.24) is 4.98 Å². The van der Waals surface area contributed by atoms with Gasteiger partial charge in [0.2, 0.25) is 0 Å². The Morgan fingerprint density at radius 1 is 1.09 bits per heavy atom. The van der Waals surface area contributed by atoms with Gasteiger partial charge in [-0.1, -0.05) is 12.1 Å². The molecule has 0 aliphatic heterocycles. The summed E-state index contributed by atoms with van der Waals surface area (Å²) in [7, 11) is 5.20. The van der Waals surface area contributed by atoms with Crippen LogP contribution in [0.25, 0.3) is 22.4 Å². The molecule has 172 valence electrons. The number of anilines is 1. The van der Waals surface area contributed by atoms with Crippen molar-refractivity contribution in [2.24, 2.45) is 0 Å². The van der Waals surface area contributed by atoms with Gasteiger partial charge in [-0.3, -0.25) is 0 Å². The van der Waals surface area contributed by atoms with E-state index in [1.54, 1.807) is 25.6 Å². The Bertz CT molecular complexity index is 1050. The van der Waals surface area contributed by atoms with Crippen molar-refractivity contribution in [3.05, 3.63) is 46.5 Å². The molecular formula is C24H29FN2O4S. The van der Waals surface area contributed by atoms with Crippen LogP contribution in [-0.4, -0.2) is 59.5 Å². The summed E-state index contributed by atoms with van der Waals surface area (Å²) in [5.74, 6) is 1.28. The van der Waals surface area contributed by atoms with Gasteiger partial charge in [-0.25, -0.2) is 9.37 Å². The standard InChI is InChI=1S/C24H29FN2O4S/c1-17-13-19-23(15-20(17)27(2)10-12-30-11-9-25)32-24(26-19)8-6-18-5-7-21(31-16-28-3)22(14-18)29-4/h5-8,13-15H,9-12,16H2,1-4H3/b8-6+. The number of fused-ring (bicyclic) bond motifs is 1. The summed E-state index contributed by atoms with van der Waals surface area (Å²) in [6, 6.07) is 9.98. The second kappa shape index (κ2) is 11.8. The third kappa shape index (κ3) is 6.18. The Balaban J connectivity index is 1.75. The number of benzene rings is 2. The van der Waals surface area contributed by atoms with Crippen LogP contribution >= 0.6 is 11.3 Å². The van der Waals surface area contributed by atoms with Crippen molar-refractivity contribution in [1.29, 1.82) is 0 Å². The number of nitrogens with zero attached hydrogens (tertiary/aromatic N) is 2. The Kier molecular flexibility index (Phi) is 8.84. The second-order valence-electron chi connectivity index (χ2n) is 7.18. The molecule has 0 fully saturated rings. The molecule has 2 aromatic carbocycles. The van der Waals surface area contributed by atoms with Gasteiger partial charge < -0.3 is 23.8 Å². The highest BCUT2D eigenvalue weighted by atomic mass is 32.1. The van der Waals surface area contributed by atoms with E-state index in [0.29, 0.717) is 24.7 Å². The summed E-state index contributed by atoms with van der Waals surface area (Å²) in [5.41, 5.74) is 4.22. The number of ether oxygens (including phenoxy) is 4. The van der Waals surface area contributed by atoms with Crippen LogP contribution in [0.3, 0.4) is 0 Å². The van der Waals surface area contributed by atoms with Gasteiger partial charge in [-0.15, -0.1) is 11.3 Å². The van der Waals surface area contributed by atoms with Crippen LogP contribution < -0.4 is 14.4 Å². The molecule has 0 atom stereocenters. The zero-order valence-electron chi connectivity index (χ0n) is 18.9. The molecule has 0 saturated carbocycles. The molecule has 6 nitrogen and oxygen atoms in total. The molecule has 0 amide bonds. The van der Waals surface area contributed by atoms with Gasteiger partial charge in [0.05, 0.1) is 30.5 Å². The van der Waals surface area contributed by atoms with Crippen LogP contribution in [-0.2, 0) is 9.47 Å². The number of methoxy groups -OCH3 is 2. The molecule has 0 saturated heterocycles. The zero-order valence-corrected chi connectivity index (χ0v) is 19.7. The first-order valence-corrected chi connectivity index (χ1v) is 11.1. The number of alkyl halides is 1. The minimum Gasteiger partial charge on any atom is -0.493 e. The average Bonchev–Trinajstić information content (AvgIpc) is 3.20. The lowest BCUT2D eigenvalue weighted by Gasteiger charge is -2.21. The van der Waals surface area contributed by atoms with Gasteiger partial charge in [0, 0.05) is 26.4 Å². The Morgan fingerprint density at radius 2 is 1.94 bits per heavy atom. The van der Waals surface area contributed by atoms with Gasteiger partial charge in [0.25, 0.3) is 0 Å². The minimum absolute atomic E-state index is 0.144. The number of halogens is 1. The Morgan fingerprint density at radius 3 is 2.69 bits per heavy atom. The Labute approximate surface area is 192 Å². The van der Waals surface area contributed by atoms with Crippen LogP contribution in [0.1, 0.15) is 16.1 Å². The molecule has 8 heteroatoms. The maximum Gasteiger partial charge on any atom is 0.188 e. The first-order chi connectivity index (χ1) is 15.5. The summed E-state index contributed by atoms with van der Waals surface area (Å²) < 4.78 is 34.4. The average molecular weight is 461 g/mol. The van der Waals surface area contributed by atoms with Crippen molar-refractivity contribution in [2.75, 3.05) is 59.4 Å². The summed E-state index contributed by atoms with van der Waals surface area (Å²) in [6.07, 6.45) is 4.00. The van der Waals surface area contributed by atoms with Crippen LogP contribution in [0.15, 0.2) is 30.3 Å². The van der Waals surface area contributed by atoms with Crippen molar-refractivity contribution in [3.63, 3.8) is 0 Å². The van der Waals surface area contributed by atoms with Crippen LogP contribution in [0.2, 0.25) is 0 Å².